The van der Waals surface area contributed by atoms with Crippen LogP contribution in [0.15, 0.2) is 35.4 Å². The van der Waals surface area contributed by atoms with E-state index in [0.717, 1.165) is 0 Å². The first kappa shape index (κ1) is 15.2. The summed E-state index contributed by atoms with van der Waals surface area (Å²) in [5.74, 6) is -0.407. The van der Waals surface area contributed by atoms with Crippen molar-refractivity contribution in [2.45, 2.75) is 26.4 Å². The maximum Gasteiger partial charge on any atom is 0.270 e. The van der Waals surface area contributed by atoms with Gasteiger partial charge in [-0.2, -0.15) is 0 Å². The van der Waals surface area contributed by atoms with E-state index in [9.17, 15) is 9.59 Å². The van der Waals surface area contributed by atoms with Crippen LogP contribution in [0.1, 0.15) is 30.6 Å². The summed E-state index contributed by atoms with van der Waals surface area (Å²) in [7, 11) is 0. The molecule has 0 saturated heterocycles. The molecule has 0 radical (unpaired) electrons. The number of rotatable bonds is 6. The third-order valence-electron chi connectivity index (χ3n) is 2.92. The summed E-state index contributed by atoms with van der Waals surface area (Å²) in [5, 5.41) is 2.71. The summed E-state index contributed by atoms with van der Waals surface area (Å²) in [5.41, 5.74) is 0.199. The number of hydrogen-bond donors (Lipinski definition) is 1. The molecule has 0 aromatic carbocycles. The van der Waals surface area contributed by atoms with E-state index in [1.807, 2.05) is 13.8 Å². The normalized spacial score (nSPS) is 11.0. The molecule has 2 aromatic heterocycles. The van der Waals surface area contributed by atoms with Crippen molar-refractivity contribution < 1.29 is 9.53 Å². The largest absolute Gasteiger partial charge is 0.379 e. The molecule has 2 rings (SSSR count). The van der Waals surface area contributed by atoms with Gasteiger partial charge in [0.25, 0.3) is 11.5 Å². The lowest BCUT2D eigenvalue weighted by atomic mass is 10.3. The average Bonchev–Trinajstić information content (AvgIpc) is 2.47. The summed E-state index contributed by atoms with van der Waals surface area (Å²) < 4.78 is 6.74. The van der Waals surface area contributed by atoms with Crippen LogP contribution < -0.4 is 10.9 Å². The fourth-order valence-electron chi connectivity index (χ4n) is 1.87. The fraction of sp³-hybridized carbons (Fsp3) is 0.400. The molecule has 6 nitrogen and oxygen atoms in total. The van der Waals surface area contributed by atoms with E-state index >= 15 is 0 Å². The smallest absolute Gasteiger partial charge is 0.270 e. The van der Waals surface area contributed by atoms with Gasteiger partial charge in [-0.15, -0.1) is 0 Å². The van der Waals surface area contributed by atoms with E-state index in [-0.39, 0.29) is 17.2 Å². The summed E-state index contributed by atoms with van der Waals surface area (Å²) in [4.78, 5) is 28.3. The Hall–Kier alpha value is -2.21. The number of nitrogens with one attached hydrogen (secondary N) is 1. The van der Waals surface area contributed by atoms with Gasteiger partial charge in [-0.3, -0.25) is 14.0 Å². The van der Waals surface area contributed by atoms with E-state index in [2.05, 4.69) is 10.3 Å². The highest BCUT2D eigenvalue weighted by atomic mass is 16.5. The number of carbonyl (C=O) groups is 1. The number of pyridine rings is 1. The number of ether oxygens (including phenoxy) is 1. The van der Waals surface area contributed by atoms with E-state index in [0.29, 0.717) is 25.2 Å². The molecule has 2 aromatic rings. The second kappa shape index (κ2) is 6.99. The first-order valence-corrected chi connectivity index (χ1v) is 6.96. The standard InChI is InChI=1S/C15H19N3O3/c1-11(2)21-9-5-7-16-14(19)12-10-17-13-6-3-4-8-18(13)15(12)20/h3-4,6,8,10-11H,5,7,9H2,1-2H3,(H,16,19). The number of carbonyl (C=O) groups excluding carboxylic acids is 1. The number of aromatic nitrogens is 2. The molecule has 6 heteroatoms. The molecule has 112 valence electrons. The number of nitrogens with zero attached hydrogens (tertiary/aromatic N) is 2. The highest BCUT2D eigenvalue weighted by Gasteiger charge is 2.12. The van der Waals surface area contributed by atoms with Crippen LogP contribution in [0.3, 0.4) is 0 Å². The Morgan fingerprint density at radius 1 is 1.43 bits per heavy atom. The summed E-state index contributed by atoms with van der Waals surface area (Å²) in [6.07, 6.45) is 3.79. The minimum atomic E-state index is -0.407. The van der Waals surface area contributed by atoms with Gasteiger partial charge in [0.1, 0.15) is 11.2 Å². The predicted molar refractivity (Wildman–Crippen MR) is 79.5 cm³/mol. The number of fused-ring (bicyclic) bond motifs is 1. The molecule has 0 spiro atoms. The Labute approximate surface area is 122 Å². The average molecular weight is 289 g/mol. The van der Waals surface area contributed by atoms with Gasteiger partial charge >= 0.3 is 0 Å². The van der Waals surface area contributed by atoms with Gasteiger partial charge < -0.3 is 10.1 Å². The maximum atomic E-state index is 12.2. The number of amides is 1. The van der Waals surface area contributed by atoms with Crippen LogP contribution in [-0.4, -0.2) is 34.5 Å². The molecule has 0 aliphatic rings. The van der Waals surface area contributed by atoms with E-state index < -0.39 is 5.91 Å². The molecule has 0 bridgehead atoms. The third kappa shape index (κ3) is 3.88. The highest BCUT2D eigenvalue weighted by Crippen LogP contribution is 1.97. The van der Waals surface area contributed by atoms with Crippen LogP contribution >= 0.6 is 0 Å². The minimum Gasteiger partial charge on any atom is -0.379 e. The zero-order chi connectivity index (χ0) is 15.2. The maximum absolute atomic E-state index is 12.2. The first-order valence-electron chi connectivity index (χ1n) is 6.96. The van der Waals surface area contributed by atoms with Crippen molar-refractivity contribution in [2.24, 2.45) is 0 Å². The van der Waals surface area contributed by atoms with Crippen LogP contribution in [0.2, 0.25) is 0 Å². The van der Waals surface area contributed by atoms with Crippen LogP contribution in [0, 0.1) is 0 Å². The van der Waals surface area contributed by atoms with Crippen molar-refractivity contribution in [1.29, 1.82) is 0 Å². The molecule has 0 unspecified atom stereocenters. The fourth-order valence-corrected chi connectivity index (χ4v) is 1.87. The van der Waals surface area contributed by atoms with Gasteiger partial charge in [0.2, 0.25) is 0 Å². The van der Waals surface area contributed by atoms with Crippen LogP contribution in [-0.2, 0) is 4.74 Å². The van der Waals surface area contributed by atoms with Gasteiger partial charge in [-0.1, -0.05) is 6.07 Å². The topological polar surface area (TPSA) is 72.7 Å². The molecule has 0 aliphatic heterocycles. The predicted octanol–water partition coefficient (Wildman–Crippen LogP) is 1.24. The quantitative estimate of drug-likeness (QED) is 0.812. The van der Waals surface area contributed by atoms with Crippen molar-refractivity contribution in [1.82, 2.24) is 14.7 Å². The molecule has 21 heavy (non-hydrogen) atoms. The van der Waals surface area contributed by atoms with Crippen LogP contribution in [0.25, 0.3) is 5.65 Å². The van der Waals surface area contributed by atoms with Gasteiger partial charge in [-0.25, -0.2) is 4.98 Å². The third-order valence-corrected chi connectivity index (χ3v) is 2.92. The zero-order valence-electron chi connectivity index (χ0n) is 12.2. The lowest BCUT2D eigenvalue weighted by Crippen LogP contribution is -2.32. The summed E-state index contributed by atoms with van der Waals surface area (Å²) in [6.45, 7) is 4.95. The summed E-state index contributed by atoms with van der Waals surface area (Å²) in [6, 6.07) is 5.23. The van der Waals surface area contributed by atoms with Crippen molar-refractivity contribution >= 4 is 11.6 Å². The van der Waals surface area contributed by atoms with Gasteiger partial charge in [-0.05, 0) is 32.4 Å². The highest BCUT2D eigenvalue weighted by molar-refractivity contribution is 5.93. The van der Waals surface area contributed by atoms with Crippen LogP contribution in [0.5, 0.6) is 0 Å². The van der Waals surface area contributed by atoms with Crippen molar-refractivity contribution in [3.05, 3.63) is 46.5 Å². The second-order valence-electron chi connectivity index (χ2n) is 4.93. The Kier molecular flexibility index (Phi) is 5.05. The van der Waals surface area contributed by atoms with Crippen LogP contribution in [0.4, 0.5) is 0 Å². The Morgan fingerprint density at radius 3 is 3.00 bits per heavy atom. The first-order chi connectivity index (χ1) is 10.1. The molecule has 1 N–H and O–H groups in total. The Morgan fingerprint density at radius 2 is 2.24 bits per heavy atom. The monoisotopic (exact) mass is 289 g/mol. The van der Waals surface area contributed by atoms with Crippen molar-refractivity contribution in [3.8, 4) is 0 Å². The van der Waals surface area contributed by atoms with Crippen molar-refractivity contribution in [2.75, 3.05) is 13.2 Å². The molecular weight excluding hydrogens is 270 g/mol. The van der Waals surface area contributed by atoms with E-state index in [4.69, 9.17) is 4.74 Å². The second-order valence-corrected chi connectivity index (χ2v) is 4.93. The lowest BCUT2D eigenvalue weighted by molar-refractivity contribution is 0.0757. The molecule has 0 atom stereocenters. The molecule has 0 fully saturated rings. The number of hydrogen-bond acceptors (Lipinski definition) is 4. The summed E-state index contributed by atoms with van der Waals surface area (Å²) >= 11 is 0. The molecule has 1 amide bonds. The lowest BCUT2D eigenvalue weighted by Gasteiger charge is -2.08. The van der Waals surface area contributed by atoms with Gasteiger partial charge in [0.05, 0.1) is 6.10 Å². The molecular formula is C15H19N3O3. The molecule has 0 aliphatic carbocycles. The van der Waals surface area contributed by atoms with E-state index in [1.54, 1.807) is 24.4 Å². The Bertz CT molecular complexity index is 679. The minimum absolute atomic E-state index is 0.0449. The van der Waals surface area contributed by atoms with Crippen molar-refractivity contribution in [3.63, 3.8) is 0 Å². The zero-order valence-corrected chi connectivity index (χ0v) is 12.2. The van der Waals surface area contributed by atoms with Gasteiger partial charge in [0, 0.05) is 25.5 Å². The SMILES string of the molecule is CC(C)OCCCNC(=O)c1cnc2ccccn2c1=O. The molecule has 0 saturated carbocycles. The van der Waals surface area contributed by atoms with Gasteiger partial charge in [0.15, 0.2) is 0 Å². The van der Waals surface area contributed by atoms with E-state index in [1.165, 1.54) is 10.6 Å². The Balaban J connectivity index is 2.00. The molecule has 2 heterocycles.